The van der Waals surface area contributed by atoms with E-state index in [9.17, 15) is 26.4 Å². The number of nitrogens with zero attached hydrogens (tertiary/aromatic N) is 3. The van der Waals surface area contributed by atoms with Crippen molar-refractivity contribution in [1.29, 1.82) is 0 Å². The first-order valence-electron chi connectivity index (χ1n) is 7.92. The maximum absolute atomic E-state index is 12.7. The van der Waals surface area contributed by atoms with Gasteiger partial charge in [-0.25, -0.2) is 13.5 Å². The van der Waals surface area contributed by atoms with Gasteiger partial charge >= 0.3 is 6.36 Å². The highest BCUT2D eigenvalue weighted by atomic mass is 35.5. The van der Waals surface area contributed by atoms with E-state index in [0.29, 0.717) is 5.69 Å². The van der Waals surface area contributed by atoms with Crippen molar-refractivity contribution in [2.75, 3.05) is 31.1 Å². The van der Waals surface area contributed by atoms with Gasteiger partial charge in [0, 0.05) is 26.2 Å². The second-order valence-corrected chi connectivity index (χ2v) is 8.12. The van der Waals surface area contributed by atoms with Gasteiger partial charge in [-0.05, 0) is 24.3 Å². The molecule has 3 rings (SSSR count). The maximum Gasteiger partial charge on any atom is 0.573 e. The Morgan fingerprint density at radius 3 is 2.29 bits per heavy atom. The van der Waals surface area contributed by atoms with Gasteiger partial charge in [0.1, 0.15) is 10.8 Å². The monoisotopic (exact) mass is 438 g/mol. The minimum Gasteiger partial charge on any atom is -0.406 e. The van der Waals surface area contributed by atoms with Gasteiger partial charge < -0.3 is 9.64 Å². The number of rotatable bonds is 4. The molecule has 2 heterocycles. The molecule has 28 heavy (non-hydrogen) atoms. The van der Waals surface area contributed by atoms with Crippen molar-refractivity contribution in [3.63, 3.8) is 0 Å². The highest BCUT2D eigenvalue weighted by Crippen LogP contribution is 2.27. The van der Waals surface area contributed by atoms with Crippen LogP contribution in [0.2, 0.25) is 5.02 Å². The molecular weight excluding hydrogens is 425 g/mol. The normalized spacial score (nSPS) is 16.2. The number of sulfonamides is 1. The molecule has 1 aliphatic rings. The molecule has 0 radical (unpaired) electrons. The number of aromatic nitrogens is 2. The Balaban J connectivity index is 1.71. The van der Waals surface area contributed by atoms with Crippen LogP contribution in [0.4, 0.5) is 18.9 Å². The minimum absolute atomic E-state index is 0.0356. The zero-order chi connectivity index (χ0) is 20.5. The van der Waals surface area contributed by atoms with E-state index in [-0.39, 0.29) is 36.1 Å². The van der Waals surface area contributed by atoms with Crippen LogP contribution in [0.3, 0.4) is 0 Å². The Kier molecular flexibility index (Phi) is 5.55. The number of H-pyrrole nitrogens is 1. The van der Waals surface area contributed by atoms with E-state index in [0.717, 1.165) is 24.3 Å². The van der Waals surface area contributed by atoms with Crippen LogP contribution >= 0.6 is 11.6 Å². The van der Waals surface area contributed by atoms with Crippen molar-refractivity contribution in [3.05, 3.63) is 45.8 Å². The van der Waals surface area contributed by atoms with E-state index in [1.807, 2.05) is 0 Å². The molecule has 0 atom stereocenters. The minimum atomic E-state index is -4.86. The van der Waals surface area contributed by atoms with Crippen LogP contribution in [-0.4, -0.2) is 55.5 Å². The van der Waals surface area contributed by atoms with Crippen molar-refractivity contribution in [1.82, 2.24) is 14.5 Å². The first-order valence-corrected chi connectivity index (χ1v) is 9.74. The fourth-order valence-electron chi connectivity index (χ4n) is 2.73. The van der Waals surface area contributed by atoms with Gasteiger partial charge in [-0.2, -0.15) is 9.40 Å². The molecule has 1 N–H and O–H groups in total. The smallest absolute Gasteiger partial charge is 0.406 e. The summed E-state index contributed by atoms with van der Waals surface area (Å²) < 4.78 is 67.0. The summed E-state index contributed by atoms with van der Waals surface area (Å²) in [7, 11) is -3.89. The molecule has 0 saturated carbocycles. The van der Waals surface area contributed by atoms with Crippen LogP contribution in [0, 0.1) is 0 Å². The van der Waals surface area contributed by atoms with Gasteiger partial charge in [-0.3, -0.25) is 4.79 Å². The van der Waals surface area contributed by atoms with Crippen LogP contribution in [0.1, 0.15) is 0 Å². The Morgan fingerprint density at radius 1 is 1.11 bits per heavy atom. The third-order valence-electron chi connectivity index (χ3n) is 4.05. The number of nitrogens with one attached hydrogen (secondary N) is 1. The number of piperazine rings is 1. The Labute approximate surface area is 162 Å². The number of anilines is 1. The highest BCUT2D eigenvalue weighted by molar-refractivity contribution is 7.89. The number of hydrogen-bond acceptors (Lipinski definition) is 6. The van der Waals surface area contributed by atoms with Gasteiger partial charge in [-0.1, -0.05) is 11.6 Å². The zero-order valence-electron chi connectivity index (χ0n) is 14.1. The number of ether oxygens (including phenoxy) is 1. The molecule has 1 saturated heterocycles. The quantitative estimate of drug-likeness (QED) is 0.782. The van der Waals surface area contributed by atoms with E-state index in [1.165, 1.54) is 10.5 Å². The summed E-state index contributed by atoms with van der Waals surface area (Å²) >= 11 is 5.96. The van der Waals surface area contributed by atoms with Gasteiger partial charge in [0.05, 0.1) is 16.8 Å². The summed E-state index contributed by atoms with van der Waals surface area (Å²) in [5.41, 5.74) is -0.147. The highest BCUT2D eigenvalue weighted by Gasteiger charge is 2.32. The molecule has 0 spiro atoms. The van der Waals surface area contributed by atoms with Gasteiger partial charge in [0.15, 0.2) is 0 Å². The lowest BCUT2D eigenvalue weighted by Crippen LogP contribution is -2.49. The molecule has 0 aliphatic carbocycles. The molecule has 0 amide bonds. The molecule has 1 aliphatic heterocycles. The van der Waals surface area contributed by atoms with Crippen LogP contribution < -0.4 is 15.2 Å². The molecule has 0 unspecified atom stereocenters. The van der Waals surface area contributed by atoms with Crippen LogP contribution in [0.5, 0.6) is 5.75 Å². The lowest BCUT2D eigenvalue weighted by molar-refractivity contribution is -0.274. The third kappa shape index (κ3) is 4.39. The predicted molar refractivity (Wildman–Crippen MR) is 94.0 cm³/mol. The molecule has 8 nitrogen and oxygen atoms in total. The number of aromatic amines is 1. The van der Waals surface area contributed by atoms with E-state index >= 15 is 0 Å². The average molecular weight is 439 g/mol. The van der Waals surface area contributed by atoms with Crippen molar-refractivity contribution >= 4 is 27.3 Å². The van der Waals surface area contributed by atoms with Crippen LogP contribution in [-0.2, 0) is 10.0 Å². The predicted octanol–water partition coefficient (Wildman–Crippen LogP) is 1.83. The van der Waals surface area contributed by atoms with E-state index in [4.69, 9.17) is 11.6 Å². The van der Waals surface area contributed by atoms with Crippen molar-refractivity contribution in [2.24, 2.45) is 0 Å². The molecule has 0 bridgehead atoms. The summed E-state index contributed by atoms with van der Waals surface area (Å²) in [6, 6.07) is 4.00. The second-order valence-electron chi connectivity index (χ2n) is 5.81. The van der Waals surface area contributed by atoms with Crippen LogP contribution in [0.25, 0.3) is 0 Å². The largest absolute Gasteiger partial charge is 0.573 e. The molecule has 152 valence electrons. The summed E-state index contributed by atoms with van der Waals surface area (Å²) in [5.74, 6) is -0.507. The lowest BCUT2D eigenvalue weighted by atomic mass is 10.3. The molecular formula is C15H14ClF3N4O4S. The summed E-state index contributed by atoms with van der Waals surface area (Å²) in [6.45, 7) is 0.733. The maximum atomic E-state index is 12.7. The van der Waals surface area contributed by atoms with Crippen LogP contribution in [0.15, 0.2) is 40.2 Å². The molecule has 1 fully saturated rings. The summed E-state index contributed by atoms with van der Waals surface area (Å²) in [5, 5.41) is 5.85. The van der Waals surface area contributed by atoms with E-state index < -0.39 is 27.7 Å². The van der Waals surface area contributed by atoms with Crippen molar-refractivity contribution < 1.29 is 26.3 Å². The average Bonchev–Trinajstić information content (AvgIpc) is 2.63. The van der Waals surface area contributed by atoms with Crippen molar-refractivity contribution in [3.8, 4) is 5.75 Å². The fourth-order valence-corrected chi connectivity index (χ4v) is 4.36. The first-order chi connectivity index (χ1) is 13.1. The fraction of sp³-hybridized carbons (Fsp3) is 0.333. The molecule has 1 aromatic heterocycles. The lowest BCUT2D eigenvalue weighted by Gasteiger charge is -2.35. The summed E-state index contributed by atoms with van der Waals surface area (Å²) in [6.07, 6.45) is -3.47. The van der Waals surface area contributed by atoms with E-state index in [1.54, 1.807) is 4.90 Å². The first kappa shape index (κ1) is 20.4. The van der Waals surface area contributed by atoms with E-state index in [2.05, 4.69) is 14.9 Å². The van der Waals surface area contributed by atoms with Gasteiger partial charge in [-0.15, -0.1) is 13.2 Å². The topological polar surface area (TPSA) is 95.6 Å². The Bertz CT molecular complexity index is 1000. The zero-order valence-corrected chi connectivity index (χ0v) is 15.7. The Morgan fingerprint density at radius 2 is 1.71 bits per heavy atom. The van der Waals surface area contributed by atoms with Gasteiger partial charge in [0.25, 0.3) is 5.56 Å². The molecule has 1 aromatic carbocycles. The Hall–Kier alpha value is -2.31. The third-order valence-corrected chi connectivity index (χ3v) is 6.33. The standard InChI is InChI=1S/C15H14ClF3N4O4S/c16-13-12(9-20-21-14(13)24)22-5-7-23(8-6-22)28(25,26)11-3-1-10(2-4-11)27-15(17,18)19/h1-4,9H,5-8H2,(H,21,24). The molecule has 13 heteroatoms. The SMILES string of the molecule is O=c1[nH]ncc(N2CCN(S(=O)(=O)c3ccc(OC(F)(F)F)cc3)CC2)c1Cl. The second kappa shape index (κ2) is 7.60. The number of hydrogen-bond donors (Lipinski definition) is 1. The van der Waals surface area contributed by atoms with Gasteiger partial charge in [0.2, 0.25) is 10.0 Å². The molecule has 2 aromatic rings. The number of benzene rings is 1. The van der Waals surface area contributed by atoms with Crippen molar-refractivity contribution in [2.45, 2.75) is 11.3 Å². The number of halogens is 4. The summed E-state index contributed by atoms with van der Waals surface area (Å²) in [4.78, 5) is 13.1. The number of alkyl halides is 3.